The normalized spacial score (nSPS) is 17.8. The summed E-state index contributed by atoms with van der Waals surface area (Å²) in [5.74, 6) is 1.48. The van der Waals surface area contributed by atoms with Crippen molar-refractivity contribution in [3.05, 3.63) is 24.3 Å². The molecule has 2 rings (SSSR count). The summed E-state index contributed by atoms with van der Waals surface area (Å²) in [7, 11) is 0. The molecule has 1 unspecified atom stereocenters. The van der Waals surface area contributed by atoms with Crippen molar-refractivity contribution in [3.8, 4) is 5.75 Å². The number of aliphatic hydroxyl groups is 1. The minimum absolute atomic E-state index is 0.336. The van der Waals surface area contributed by atoms with E-state index in [9.17, 15) is 5.11 Å². The summed E-state index contributed by atoms with van der Waals surface area (Å²) in [6.07, 6.45) is 4.87. The van der Waals surface area contributed by atoms with Crippen molar-refractivity contribution in [2.24, 2.45) is 0 Å². The van der Waals surface area contributed by atoms with Gasteiger partial charge in [0.05, 0.1) is 6.10 Å². The quantitative estimate of drug-likeness (QED) is 0.778. The van der Waals surface area contributed by atoms with E-state index in [-0.39, 0.29) is 0 Å². The van der Waals surface area contributed by atoms with E-state index in [1.807, 2.05) is 30.0 Å². The van der Waals surface area contributed by atoms with Crippen LogP contribution in [0.4, 0.5) is 5.69 Å². The molecule has 0 aliphatic heterocycles. The van der Waals surface area contributed by atoms with E-state index in [0.717, 1.165) is 16.8 Å². The Kier molecular flexibility index (Phi) is 5.20. The van der Waals surface area contributed by atoms with Gasteiger partial charge >= 0.3 is 0 Å². The van der Waals surface area contributed by atoms with Crippen LogP contribution in [0, 0.1) is 0 Å². The van der Waals surface area contributed by atoms with Crippen LogP contribution in [0.15, 0.2) is 24.3 Å². The van der Waals surface area contributed by atoms with E-state index < -0.39 is 6.10 Å². The fraction of sp³-hybridized carbons (Fsp3) is 0.571. The summed E-state index contributed by atoms with van der Waals surface area (Å²) in [5.41, 5.74) is 6.34. The van der Waals surface area contributed by atoms with Gasteiger partial charge in [-0.1, -0.05) is 18.9 Å². The van der Waals surface area contributed by atoms with Crippen molar-refractivity contribution in [3.63, 3.8) is 0 Å². The van der Waals surface area contributed by atoms with Crippen LogP contribution < -0.4 is 10.5 Å². The van der Waals surface area contributed by atoms with Crippen LogP contribution in [0.25, 0.3) is 0 Å². The van der Waals surface area contributed by atoms with Gasteiger partial charge in [-0.25, -0.2) is 0 Å². The molecule has 1 saturated carbocycles. The molecule has 3 nitrogen and oxygen atoms in total. The van der Waals surface area contributed by atoms with Crippen molar-refractivity contribution in [1.29, 1.82) is 0 Å². The topological polar surface area (TPSA) is 55.5 Å². The van der Waals surface area contributed by atoms with Gasteiger partial charge in [0.2, 0.25) is 0 Å². The molecule has 0 aromatic heterocycles. The highest BCUT2D eigenvalue weighted by molar-refractivity contribution is 7.99. The summed E-state index contributed by atoms with van der Waals surface area (Å²) in [4.78, 5) is 0. The van der Waals surface area contributed by atoms with Crippen molar-refractivity contribution >= 4 is 17.4 Å². The zero-order valence-corrected chi connectivity index (χ0v) is 11.4. The molecule has 100 valence electrons. The number of ether oxygens (including phenoxy) is 1. The SMILES string of the molecule is Nc1cccc(OCC(O)CSC2CCCC2)c1. The second-order valence-corrected chi connectivity index (χ2v) is 6.11. The maximum atomic E-state index is 9.86. The third-order valence-corrected chi connectivity index (χ3v) is 4.65. The van der Waals surface area contributed by atoms with E-state index in [0.29, 0.717) is 12.3 Å². The first-order chi connectivity index (χ1) is 8.74. The Morgan fingerprint density at radius 3 is 2.89 bits per heavy atom. The molecule has 4 heteroatoms. The zero-order valence-electron chi connectivity index (χ0n) is 10.5. The zero-order chi connectivity index (χ0) is 12.8. The highest BCUT2D eigenvalue weighted by Crippen LogP contribution is 2.29. The molecule has 3 N–H and O–H groups in total. The number of hydrogen-bond acceptors (Lipinski definition) is 4. The van der Waals surface area contributed by atoms with Gasteiger partial charge < -0.3 is 15.6 Å². The Morgan fingerprint density at radius 2 is 2.17 bits per heavy atom. The largest absolute Gasteiger partial charge is 0.491 e. The standard InChI is InChI=1S/C14H21NO2S/c15-11-4-3-5-13(8-11)17-9-12(16)10-18-14-6-1-2-7-14/h3-5,8,12,14,16H,1-2,6-7,9-10,15H2. The van der Waals surface area contributed by atoms with Crippen LogP contribution in [-0.2, 0) is 0 Å². The van der Waals surface area contributed by atoms with E-state index >= 15 is 0 Å². The summed E-state index contributed by atoms with van der Waals surface area (Å²) in [6, 6.07) is 7.30. The summed E-state index contributed by atoms with van der Waals surface area (Å²) >= 11 is 1.88. The van der Waals surface area contributed by atoms with E-state index in [1.54, 1.807) is 6.07 Å². The Morgan fingerprint density at radius 1 is 1.39 bits per heavy atom. The second kappa shape index (κ2) is 6.90. The molecule has 18 heavy (non-hydrogen) atoms. The highest BCUT2D eigenvalue weighted by Gasteiger charge is 2.17. The molecule has 0 bridgehead atoms. The van der Waals surface area contributed by atoms with Crippen LogP contribution in [0.5, 0.6) is 5.75 Å². The fourth-order valence-corrected chi connectivity index (χ4v) is 3.40. The van der Waals surface area contributed by atoms with Crippen molar-refractivity contribution in [2.45, 2.75) is 37.0 Å². The molecular weight excluding hydrogens is 246 g/mol. The predicted molar refractivity (Wildman–Crippen MR) is 77.1 cm³/mol. The third kappa shape index (κ3) is 4.42. The van der Waals surface area contributed by atoms with Crippen LogP contribution in [0.1, 0.15) is 25.7 Å². The molecular formula is C14H21NO2S. The molecule has 0 spiro atoms. The van der Waals surface area contributed by atoms with Gasteiger partial charge in [-0.15, -0.1) is 0 Å². The predicted octanol–water partition coefficient (Wildman–Crippen LogP) is 2.68. The lowest BCUT2D eigenvalue weighted by Crippen LogP contribution is -2.21. The molecule has 0 saturated heterocycles. The highest BCUT2D eigenvalue weighted by atomic mass is 32.2. The Bertz CT molecular complexity index is 367. The number of nitrogen functional groups attached to an aromatic ring is 1. The van der Waals surface area contributed by atoms with E-state index in [1.165, 1.54) is 25.7 Å². The number of thioether (sulfide) groups is 1. The molecule has 0 heterocycles. The summed E-state index contributed by atoms with van der Waals surface area (Å²) in [5, 5.41) is 10.6. The number of benzene rings is 1. The molecule has 1 atom stereocenters. The first-order valence-corrected chi connectivity index (χ1v) is 7.57. The molecule has 0 amide bonds. The number of anilines is 1. The van der Waals surface area contributed by atoms with Gasteiger partial charge in [-0.3, -0.25) is 0 Å². The molecule has 1 aromatic carbocycles. The number of hydrogen-bond donors (Lipinski definition) is 2. The first kappa shape index (κ1) is 13.6. The van der Waals surface area contributed by atoms with Gasteiger partial charge in [-0.2, -0.15) is 11.8 Å². The van der Waals surface area contributed by atoms with Crippen molar-refractivity contribution < 1.29 is 9.84 Å². The second-order valence-electron chi connectivity index (χ2n) is 4.78. The lowest BCUT2D eigenvalue weighted by molar-refractivity contribution is 0.126. The van der Waals surface area contributed by atoms with Crippen molar-refractivity contribution in [1.82, 2.24) is 0 Å². The minimum atomic E-state index is -0.406. The molecule has 0 radical (unpaired) electrons. The Balaban J connectivity index is 1.66. The van der Waals surface area contributed by atoms with Crippen LogP contribution in [0.3, 0.4) is 0 Å². The molecule has 1 aliphatic rings. The minimum Gasteiger partial charge on any atom is -0.491 e. The lowest BCUT2D eigenvalue weighted by atomic mass is 10.3. The van der Waals surface area contributed by atoms with Crippen LogP contribution in [0.2, 0.25) is 0 Å². The van der Waals surface area contributed by atoms with Crippen LogP contribution >= 0.6 is 11.8 Å². The average Bonchev–Trinajstić information content (AvgIpc) is 2.87. The van der Waals surface area contributed by atoms with E-state index in [4.69, 9.17) is 10.5 Å². The average molecular weight is 267 g/mol. The maximum Gasteiger partial charge on any atom is 0.121 e. The Hall–Kier alpha value is -0.870. The molecule has 1 aromatic rings. The summed E-state index contributed by atoms with van der Waals surface area (Å²) in [6.45, 7) is 0.336. The monoisotopic (exact) mass is 267 g/mol. The smallest absolute Gasteiger partial charge is 0.121 e. The molecule has 1 fully saturated rings. The van der Waals surface area contributed by atoms with Crippen LogP contribution in [-0.4, -0.2) is 28.8 Å². The number of nitrogens with two attached hydrogens (primary N) is 1. The lowest BCUT2D eigenvalue weighted by Gasteiger charge is -2.14. The van der Waals surface area contributed by atoms with Gasteiger partial charge in [0.1, 0.15) is 12.4 Å². The third-order valence-electron chi connectivity index (χ3n) is 3.13. The summed E-state index contributed by atoms with van der Waals surface area (Å²) < 4.78 is 5.52. The molecule has 1 aliphatic carbocycles. The van der Waals surface area contributed by atoms with Gasteiger partial charge in [-0.05, 0) is 25.0 Å². The Labute approximate surface area is 113 Å². The number of aliphatic hydroxyl groups excluding tert-OH is 1. The van der Waals surface area contributed by atoms with E-state index in [2.05, 4.69) is 0 Å². The van der Waals surface area contributed by atoms with Gasteiger partial charge in [0.25, 0.3) is 0 Å². The first-order valence-electron chi connectivity index (χ1n) is 6.52. The number of rotatable bonds is 6. The fourth-order valence-electron chi connectivity index (χ4n) is 2.15. The maximum absolute atomic E-state index is 9.86. The van der Waals surface area contributed by atoms with Crippen molar-refractivity contribution in [2.75, 3.05) is 18.1 Å². The van der Waals surface area contributed by atoms with Gasteiger partial charge in [0.15, 0.2) is 0 Å². The van der Waals surface area contributed by atoms with Gasteiger partial charge in [0, 0.05) is 22.8 Å².